The lowest BCUT2D eigenvalue weighted by atomic mass is 10.1. The van der Waals surface area contributed by atoms with E-state index in [-0.39, 0.29) is 5.91 Å². The molecule has 5 nitrogen and oxygen atoms in total. The molecule has 3 aromatic rings. The monoisotopic (exact) mass is 373 g/mol. The largest absolute Gasteiger partial charge is 0.457 e. The molecule has 2 heterocycles. The Kier molecular flexibility index (Phi) is 5.64. The van der Waals surface area contributed by atoms with Crippen molar-refractivity contribution in [3.8, 4) is 11.5 Å². The van der Waals surface area contributed by atoms with Gasteiger partial charge in [0.1, 0.15) is 11.5 Å². The van der Waals surface area contributed by atoms with Crippen LogP contribution in [0.15, 0.2) is 79.1 Å². The Bertz CT molecular complexity index is 907. The molecule has 0 unspecified atom stereocenters. The van der Waals surface area contributed by atoms with Gasteiger partial charge in [0.25, 0.3) is 5.91 Å². The Balaban J connectivity index is 1.35. The Morgan fingerprint density at radius 3 is 2.32 bits per heavy atom. The summed E-state index contributed by atoms with van der Waals surface area (Å²) in [6.45, 7) is 4.09. The second-order valence-electron chi connectivity index (χ2n) is 6.87. The predicted octanol–water partition coefficient (Wildman–Crippen LogP) is 3.83. The molecular formula is C23H23N3O2. The standard InChI is InChI=1S/C23H23N3O2/c27-23(20-5-4-8-22(17-20)28-21-6-2-1-3-7-21)26-15-13-25(14-16-26)18-19-9-11-24-12-10-19/h1-12,17H,13-16,18H2. The van der Waals surface area contributed by atoms with Crippen molar-refractivity contribution in [3.63, 3.8) is 0 Å². The van der Waals surface area contributed by atoms with Crippen molar-refractivity contribution in [2.24, 2.45) is 0 Å². The molecule has 0 bridgehead atoms. The number of carbonyl (C=O) groups excluding carboxylic acids is 1. The summed E-state index contributed by atoms with van der Waals surface area (Å²) in [4.78, 5) is 21.3. The van der Waals surface area contributed by atoms with E-state index in [0.717, 1.165) is 38.5 Å². The number of pyridine rings is 1. The van der Waals surface area contributed by atoms with Gasteiger partial charge in [-0.15, -0.1) is 0 Å². The number of rotatable bonds is 5. The maximum atomic E-state index is 12.9. The molecule has 4 rings (SSSR count). The normalized spacial score (nSPS) is 14.6. The van der Waals surface area contributed by atoms with Gasteiger partial charge in [-0.25, -0.2) is 0 Å². The maximum Gasteiger partial charge on any atom is 0.254 e. The Morgan fingerprint density at radius 1 is 0.857 bits per heavy atom. The fraction of sp³-hybridized carbons (Fsp3) is 0.217. The first-order valence-electron chi connectivity index (χ1n) is 9.51. The third kappa shape index (κ3) is 4.56. The van der Waals surface area contributed by atoms with Gasteiger partial charge < -0.3 is 9.64 Å². The van der Waals surface area contributed by atoms with Crippen LogP contribution >= 0.6 is 0 Å². The fourth-order valence-electron chi connectivity index (χ4n) is 3.36. The van der Waals surface area contributed by atoms with Gasteiger partial charge in [-0.1, -0.05) is 24.3 Å². The van der Waals surface area contributed by atoms with Crippen molar-refractivity contribution >= 4 is 5.91 Å². The number of hydrogen-bond acceptors (Lipinski definition) is 4. The van der Waals surface area contributed by atoms with Gasteiger partial charge in [0.05, 0.1) is 0 Å². The maximum absolute atomic E-state index is 12.9. The van der Waals surface area contributed by atoms with E-state index < -0.39 is 0 Å². The molecule has 0 spiro atoms. The van der Waals surface area contributed by atoms with Gasteiger partial charge >= 0.3 is 0 Å². The highest BCUT2D eigenvalue weighted by Gasteiger charge is 2.22. The summed E-state index contributed by atoms with van der Waals surface area (Å²) < 4.78 is 5.86. The van der Waals surface area contributed by atoms with Gasteiger partial charge in [0.2, 0.25) is 0 Å². The van der Waals surface area contributed by atoms with Gasteiger partial charge in [-0.3, -0.25) is 14.7 Å². The van der Waals surface area contributed by atoms with E-state index in [2.05, 4.69) is 9.88 Å². The van der Waals surface area contributed by atoms with E-state index in [1.54, 1.807) is 0 Å². The van der Waals surface area contributed by atoms with Gasteiger partial charge in [-0.2, -0.15) is 0 Å². The second-order valence-corrected chi connectivity index (χ2v) is 6.87. The first-order chi connectivity index (χ1) is 13.8. The quantitative estimate of drug-likeness (QED) is 0.682. The fourth-order valence-corrected chi connectivity index (χ4v) is 3.36. The molecule has 1 aliphatic rings. The predicted molar refractivity (Wildman–Crippen MR) is 108 cm³/mol. The summed E-state index contributed by atoms with van der Waals surface area (Å²) >= 11 is 0. The van der Waals surface area contributed by atoms with Crippen LogP contribution in [0, 0.1) is 0 Å². The van der Waals surface area contributed by atoms with E-state index in [1.165, 1.54) is 5.56 Å². The number of piperazine rings is 1. The highest BCUT2D eigenvalue weighted by atomic mass is 16.5. The zero-order valence-electron chi connectivity index (χ0n) is 15.7. The van der Waals surface area contributed by atoms with E-state index in [4.69, 9.17) is 4.74 Å². The van der Waals surface area contributed by atoms with E-state index >= 15 is 0 Å². The molecule has 2 aromatic carbocycles. The number of benzene rings is 2. The van der Waals surface area contributed by atoms with E-state index in [1.807, 2.05) is 84.0 Å². The number of para-hydroxylation sites is 1. The van der Waals surface area contributed by atoms with Crippen LogP contribution in [-0.2, 0) is 6.54 Å². The van der Waals surface area contributed by atoms with Crippen molar-refractivity contribution in [2.75, 3.05) is 26.2 Å². The Morgan fingerprint density at radius 2 is 1.57 bits per heavy atom. The molecule has 28 heavy (non-hydrogen) atoms. The first kappa shape index (κ1) is 18.2. The number of ether oxygens (including phenoxy) is 1. The summed E-state index contributed by atoms with van der Waals surface area (Å²) in [5.41, 5.74) is 1.91. The summed E-state index contributed by atoms with van der Waals surface area (Å²) in [7, 11) is 0. The van der Waals surface area contributed by atoms with Crippen molar-refractivity contribution in [3.05, 3.63) is 90.3 Å². The zero-order valence-corrected chi connectivity index (χ0v) is 15.7. The third-order valence-corrected chi connectivity index (χ3v) is 4.87. The van der Waals surface area contributed by atoms with Crippen LogP contribution in [0.25, 0.3) is 0 Å². The minimum absolute atomic E-state index is 0.0575. The molecule has 0 aliphatic carbocycles. The lowest BCUT2D eigenvalue weighted by Crippen LogP contribution is -2.48. The molecule has 0 radical (unpaired) electrons. The lowest BCUT2D eigenvalue weighted by molar-refractivity contribution is 0.0628. The topological polar surface area (TPSA) is 45.7 Å². The van der Waals surface area contributed by atoms with Crippen molar-refractivity contribution in [1.29, 1.82) is 0 Å². The SMILES string of the molecule is O=C(c1cccc(Oc2ccccc2)c1)N1CCN(Cc2ccncc2)CC1. The average molecular weight is 373 g/mol. The number of carbonyl (C=O) groups is 1. The lowest BCUT2D eigenvalue weighted by Gasteiger charge is -2.34. The molecule has 0 saturated carbocycles. The van der Waals surface area contributed by atoms with Gasteiger partial charge in [-0.05, 0) is 48.0 Å². The molecule has 142 valence electrons. The molecule has 1 aromatic heterocycles. The van der Waals surface area contributed by atoms with Gasteiger partial charge in [0, 0.05) is 50.7 Å². The minimum Gasteiger partial charge on any atom is -0.457 e. The summed E-state index contributed by atoms with van der Waals surface area (Å²) in [6.07, 6.45) is 3.64. The molecular weight excluding hydrogens is 350 g/mol. The molecule has 0 N–H and O–H groups in total. The van der Waals surface area contributed by atoms with Gasteiger partial charge in [0.15, 0.2) is 0 Å². The van der Waals surface area contributed by atoms with Crippen LogP contribution in [-0.4, -0.2) is 46.9 Å². The van der Waals surface area contributed by atoms with Crippen molar-refractivity contribution < 1.29 is 9.53 Å². The molecule has 1 aliphatic heterocycles. The molecule has 1 amide bonds. The number of amides is 1. The van der Waals surface area contributed by atoms with Crippen LogP contribution in [0.5, 0.6) is 11.5 Å². The molecule has 5 heteroatoms. The third-order valence-electron chi connectivity index (χ3n) is 4.87. The zero-order chi connectivity index (χ0) is 19.2. The Labute approximate surface area is 165 Å². The number of aromatic nitrogens is 1. The van der Waals surface area contributed by atoms with Crippen LogP contribution < -0.4 is 4.74 Å². The van der Waals surface area contributed by atoms with E-state index in [0.29, 0.717) is 11.3 Å². The smallest absolute Gasteiger partial charge is 0.254 e. The van der Waals surface area contributed by atoms with Crippen molar-refractivity contribution in [2.45, 2.75) is 6.54 Å². The van der Waals surface area contributed by atoms with Crippen LogP contribution in [0.3, 0.4) is 0 Å². The highest BCUT2D eigenvalue weighted by Crippen LogP contribution is 2.22. The summed E-state index contributed by atoms with van der Waals surface area (Å²) in [6, 6.07) is 21.1. The molecule has 1 fully saturated rings. The highest BCUT2D eigenvalue weighted by molar-refractivity contribution is 5.94. The van der Waals surface area contributed by atoms with Crippen LogP contribution in [0.2, 0.25) is 0 Å². The van der Waals surface area contributed by atoms with Crippen molar-refractivity contribution in [1.82, 2.24) is 14.8 Å². The summed E-state index contributed by atoms with van der Waals surface area (Å²) in [5.74, 6) is 1.49. The number of hydrogen-bond donors (Lipinski definition) is 0. The first-order valence-corrected chi connectivity index (χ1v) is 9.51. The minimum atomic E-state index is 0.0575. The van der Waals surface area contributed by atoms with E-state index in [9.17, 15) is 4.79 Å². The average Bonchev–Trinajstić information content (AvgIpc) is 2.75. The summed E-state index contributed by atoms with van der Waals surface area (Å²) in [5, 5.41) is 0. The molecule has 1 saturated heterocycles. The Hall–Kier alpha value is -3.18. The van der Waals surface area contributed by atoms with Crippen LogP contribution in [0.4, 0.5) is 0 Å². The number of nitrogens with zero attached hydrogens (tertiary/aromatic N) is 3. The van der Waals surface area contributed by atoms with Crippen LogP contribution in [0.1, 0.15) is 15.9 Å². The second kappa shape index (κ2) is 8.67. The molecule has 0 atom stereocenters.